The third-order valence-corrected chi connectivity index (χ3v) is 5.53. The highest BCUT2D eigenvalue weighted by Gasteiger charge is 2.31. The fraction of sp³-hybridized carbons (Fsp3) is 0.318. The molecule has 1 unspecified atom stereocenters. The second-order valence-corrected chi connectivity index (χ2v) is 7.42. The van der Waals surface area contributed by atoms with Gasteiger partial charge >= 0.3 is 5.97 Å². The van der Waals surface area contributed by atoms with E-state index in [2.05, 4.69) is 4.57 Å². The zero-order chi connectivity index (χ0) is 19.0. The van der Waals surface area contributed by atoms with E-state index in [9.17, 15) is 9.18 Å². The molecule has 0 spiro atoms. The van der Waals surface area contributed by atoms with Crippen molar-refractivity contribution in [2.24, 2.45) is 0 Å². The van der Waals surface area contributed by atoms with Gasteiger partial charge in [0.05, 0.1) is 13.0 Å². The van der Waals surface area contributed by atoms with E-state index < -0.39 is 0 Å². The number of hydrogen-bond donors (Lipinski definition) is 0. The Hall–Kier alpha value is -2.33. The summed E-state index contributed by atoms with van der Waals surface area (Å²) in [5.41, 5.74) is 4.42. The number of rotatable bonds is 5. The summed E-state index contributed by atoms with van der Waals surface area (Å²) in [4.78, 5) is 12.1. The van der Waals surface area contributed by atoms with Gasteiger partial charge in [-0.2, -0.15) is 0 Å². The van der Waals surface area contributed by atoms with Crippen molar-refractivity contribution >= 4 is 28.5 Å². The summed E-state index contributed by atoms with van der Waals surface area (Å²) in [6.07, 6.45) is 2.10. The highest BCUT2D eigenvalue weighted by molar-refractivity contribution is 6.30. The molecule has 0 saturated heterocycles. The number of carbonyl (C=O) groups excluding carboxylic acids is 1. The van der Waals surface area contributed by atoms with Crippen LogP contribution in [0.4, 0.5) is 4.39 Å². The van der Waals surface area contributed by atoms with Crippen molar-refractivity contribution in [2.45, 2.75) is 38.6 Å². The van der Waals surface area contributed by atoms with Gasteiger partial charge in [0.1, 0.15) is 5.82 Å². The number of esters is 1. The summed E-state index contributed by atoms with van der Waals surface area (Å²) >= 11 is 6.01. The van der Waals surface area contributed by atoms with E-state index in [1.807, 2.05) is 37.3 Å². The van der Waals surface area contributed by atoms with E-state index in [0.717, 1.165) is 40.6 Å². The Bertz CT molecular complexity index is 994. The number of halogens is 2. The van der Waals surface area contributed by atoms with Crippen LogP contribution in [0.3, 0.4) is 0 Å². The molecule has 27 heavy (non-hydrogen) atoms. The Labute approximate surface area is 162 Å². The molecule has 4 rings (SSSR count). The summed E-state index contributed by atoms with van der Waals surface area (Å²) in [6, 6.07) is 12.7. The Balaban J connectivity index is 1.79. The molecular weight excluding hydrogens is 365 g/mol. The van der Waals surface area contributed by atoms with Crippen LogP contribution in [0.5, 0.6) is 0 Å². The summed E-state index contributed by atoms with van der Waals surface area (Å²) in [5, 5.41) is 1.65. The number of carbonyl (C=O) groups is 1. The molecule has 0 aliphatic heterocycles. The number of nitrogens with zero attached hydrogens (tertiary/aromatic N) is 1. The second kappa shape index (κ2) is 7.35. The lowest BCUT2D eigenvalue weighted by Crippen LogP contribution is -2.13. The SMILES string of the molecule is CCOC(=O)CC1CCc2c1n(Cc1ccc(Cl)cc1)c1ccc(F)cc21. The topological polar surface area (TPSA) is 31.2 Å². The van der Waals surface area contributed by atoms with Crippen molar-refractivity contribution in [1.82, 2.24) is 4.57 Å². The van der Waals surface area contributed by atoms with Crippen LogP contribution in [0.15, 0.2) is 42.5 Å². The summed E-state index contributed by atoms with van der Waals surface area (Å²) in [5.74, 6) is -0.311. The minimum atomic E-state index is -0.234. The van der Waals surface area contributed by atoms with Gasteiger partial charge in [0.2, 0.25) is 0 Å². The van der Waals surface area contributed by atoms with Gasteiger partial charge in [-0.25, -0.2) is 4.39 Å². The van der Waals surface area contributed by atoms with Gasteiger partial charge in [0.25, 0.3) is 0 Å². The molecule has 0 fully saturated rings. The molecule has 140 valence electrons. The van der Waals surface area contributed by atoms with Crippen LogP contribution in [0.1, 0.15) is 42.5 Å². The molecule has 2 aromatic carbocycles. The summed E-state index contributed by atoms with van der Waals surface area (Å²) in [7, 11) is 0. The Morgan fingerprint density at radius 2 is 2.04 bits per heavy atom. The zero-order valence-corrected chi connectivity index (χ0v) is 15.9. The highest BCUT2D eigenvalue weighted by Crippen LogP contribution is 2.42. The number of aryl methyl sites for hydroxylation is 1. The van der Waals surface area contributed by atoms with E-state index in [1.165, 1.54) is 6.07 Å². The number of fused-ring (bicyclic) bond motifs is 3. The van der Waals surface area contributed by atoms with E-state index in [4.69, 9.17) is 16.3 Å². The monoisotopic (exact) mass is 385 g/mol. The molecule has 3 aromatic rings. The van der Waals surface area contributed by atoms with Crippen molar-refractivity contribution in [1.29, 1.82) is 0 Å². The highest BCUT2D eigenvalue weighted by atomic mass is 35.5. The number of aromatic nitrogens is 1. The first kappa shape index (κ1) is 18.1. The van der Waals surface area contributed by atoms with Crippen LogP contribution in [-0.4, -0.2) is 17.1 Å². The van der Waals surface area contributed by atoms with Gasteiger partial charge in [-0.05, 0) is 61.2 Å². The van der Waals surface area contributed by atoms with E-state index in [0.29, 0.717) is 24.6 Å². The molecule has 0 saturated carbocycles. The van der Waals surface area contributed by atoms with Crippen molar-refractivity contribution in [2.75, 3.05) is 6.61 Å². The predicted molar refractivity (Wildman–Crippen MR) is 105 cm³/mol. The van der Waals surface area contributed by atoms with Gasteiger partial charge in [-0.1, -0.05) is 23.7 Å². The normalized spacial score (nSPS) is 15.9. The lowest BCUT2D eigenvalue weighted by atomic mass is 10.0. The minimum Gasteiger partial charge on any atom is -0.466 e. The molecule has 5 heteroatoms. The second-order valence-electron chi connectivity index (χ2n) is 6.98. The first-order valence-electron chi connectivity index (χ1n) is 9.27. The molecule has 1 aliphatic rings. The van der Waals surface area contributed by atoms with Gasteiger partial charge < -0.3 is 9.30 Å². The summed E-state index contributed by atoms with van der Waals surface area (Å²) < 4.78 is 21.3. The third-order valence-electron chi connectivity index (χ3n) is 5.28. The van der Waals surface area contributed by atoms with Crippen LogP contribution in [0.2, 0.25) is 5.02 Å². The number of benzene rings is 2. The van der Waals surface area contributed by atoms with Gasteiger partial charge in [-0.15, -0.1) is 0 Å². The molecule has 3 nitrogen and oxygen atoms in total. The van der Waals surface area contributed by atoms with E-state index >= 15 is 0 Å². The molecule has 1 aromatic heterocycles. The Morgan fingerprint density at radius 1 is 1.26 bits per heavy atom. The zero-order valence-electron chi connectivity index (χ0n) is 15.2. The van der Waals surface area contributed by atoms with Gasteiger partial charge in [-0.3, -0.25) is 4.79 Å². The van der Waals surface area contributed by atoms with E-state index in [-0.39, 0.29) is 17.7 Å². The van der Waals surface area contributed by atoms with Crippen molar-refractivity contribution < 1.29 is 13.9 Å². The van der Waals surface area contributed by atoms with Gasteiger partial charge in [0.15, 0.2) is 0 Å². The summed E-state index contributed by atoms with van der Waals surface area (Å²) in [6.45, 7) is 2.86. The van der Waals surface area contributed by atoms with Crippen molar-refractivity contribution in [3.05, 3.63) is 70.1 Å². The Kier molecular flexibility index (Phi) is 4.92. The maximum atomic E-state index is 13.9. The first-order chi connectivity index (χ1) is 13.1. The van der Waals surface area contributed by atoms with Crippen molar-refractivity contribution in [3.63, 3.8) is 0 Å². The molecule has 1 aliphatic carbocycles. The van der Waals surface area contributed by atoms with Crippen LogP contribution in [-0.2, 0) is 22.5 Å². The number of hydrogen-bond acceptors (Lipinski definition) is 2. The quantitative estimate of drug-likeness (QED) is 0.546. The lowest BCUT2D eigenvalue weighted by molar-refractivity contribution is -0.143. The lowest BCUT2D eigenvalue weighted by Gasteiger charge is -2.16. The largest absolute Gasteiger partial charge is 0.466 e. The molecule has 0 amide bonds. The fourth-order valence-corrected chi connectivity index (χ4v) is 4.29. The van der Waals surface area contributed by atoms with Crippen LogP contribution in [0.25, 0.3) is 10.9 Å². The molecule has 0 N–H and O–H groups in total. The van der Waals surface area contributed by atoms with Crippen LogP contribution < -0.4 is 0 Å². The molecule has 0 radical (unpaired) electrons. The number of ether oxygens (including phenoxy) is 1. The average molecular weight is 386 g/mol. The molecule has 1 heterocycles. The van der Waals surface area contributed by atoms with Crippen LogP contribution in [0, 0.1) is 5.82 Å². The first-order valence-corrected chi connectivity index (χ1v) is 9.65. The van der Waals surface area contributed by atoms with Crippen molar-refractivity contribution in [3.8, 4) is 0 Å². The maximum Gasteiger partial charge on any atom is 0.306 e. The van der Waals surface area contributed by atoms with E-state index in [1.54, 1.807) is 6.07 Å². The third kappa shape index (κ3) is 3.46. The van der Waals surface area contributed by atoms with Gasteiger partial charge in [0, 0.05) is 34.1 Å². The fourth-order valence-electron chi connectivity index (χ4n) is 4.16. The Morgan fingerprint density at radius 3 is 2.78 bits per heavy atom. The maximum absolute atomic E-state index is 13.9. The van der Waals surface area contributed by atoms with Crippen LogP contribution >= 0.6 is 11.6 Å². The molecular formula is C22H21ClFNO2. The standard InChI is InChI=1S/C22H21ClFNO2/c1-2-27-21(26)11-15-5-9-18-19-12-17(24)8-10-20(19)25(22(15)18)13-14-3-6-16(23)7-4-14/h3-4,6-8,10,12,15H,2,5,9,11,13H2,1H3. The molecule has 0 bridgehead atoms. The molecule has 1 atom stereocenters. The minimum absolute atomic E-state index is 0.0989. The smallest absolute Gasteiger partial charge is 0.306 e. The predicted octanol–water partition coefficient (Wildman–Crippen LogP) is 5.47. The average Bonchev–Trinajstić information content (AvgIpc) is 3.17.